The summed E-state index contributed by atoms with van der Waals surface area (Å²) >= 11 is 5.81. The van der Waals surface area contributed by atoms with Gasteiger partial charge in [0.05, 0.1) is 0 Å². The van der Waals surface area contributed by atoms with Crippen LogP contribution in [0.15, 0.2) is 24.3 Å². The lowest BCUT2D eigenvalue weighted by Gasteiger charge is -2.15. The minimum atomic E-state index is 0.226. The molecule has 3 heteroatoms. The highest BCUT2D eigenvalue weighted by atomic mass is 35.5. The summed E-state index contributed by atoms with van der Waals surface area (Å²) < 4.78 is 0. The van der Waals surface area contributed by atoms with Crippen LogP contribution in [0.5, 0.6) is 0 Å². The Morgan fingerprint density at radius 2 is 2.00 bits per heavy atom. The van der Waals surface area contributed by atoms with Crippen LogP contribution in [-0.4, -0.2) is 12.8 Å². The second-order valence-electron chi connectivity index (χ2n) is 3.63. The molecule has 0 bridgehead atoms. The van der Waals surface area contributed by atoms with Gasteiger partial charge in [-0.25, -0.2) is 0 Å². The maximum atomic E-state index is 10.9. The van der Waals surface area contributed by atoms with Gasteiger partial charge in [0.1, 0.15) is 5.78 Å². The van der Waals surface area contributed by atoms with Crippen molar-refractivity contribution in [3.8, 4) is 0 Å². The van der Waals surface area contributed by atoms with Crippen LogP contribution in [0.1, 0.15) is 31.4 Å². The Bertz CT molecular complexity index is 321. The van der Waals surface area contributed by atoms with Crippen molar-refractivity contribution in [1.82, 2.24) is 5.32 Å². The van der Waals surface area contributed by atoms with E-state index in [-0.39, 0.29) is 11.8 Å². The molecule has 2 nitrogen and oxygen atoms in total. The Hall–Kier alpha value is -0.860. The van der Waals surface area contributed by atoms with E-state index in [1.165, 1.54) is 5.56 Å². The van der Waals surface area contributed by atoms with E-state index in [9.17, 15) is 4.79 Å². The molecule has 1 unspecified atom stereocenters. The molecule has 0 saturated carbocycles. The van der Waals surface area contributed by atoms with Crippen molar-refractivity contribution in [3.63, 3.8) is 0 Å². The molecule has 0 spiro atoms. The lowest BCUT2D eigenvalue weighted by molar-refractivity contribution is -0.117. The predicted molar refractivity (Wildman–Crippen MR) is 63.2 cm³/mol. The summed E-state index contributed by atoms with van der Waals surface area (Å²) in [6.07, 6.45) is 1.43. The number of carbonyl (C=O) groups excluding carboxylic acids is 1. The fourth-order valence-corrected chi connectivity index (χ4v) is 1.65. The highest BCUT2D eigenvalue weighted by Crippen LogP contribution is 2.20. The number of Topliss-reactive ketones (excluding diaryl/α,β-unsaturated/α-hetero) is 1. The van der Waals surface area contributed by atoms with Crippen LogP contribution in [-0.2, 0) is 4.79 Å². The number of nitrogens with one attached hydrogen (secondary N) is 1. The minimum Gasteiger partial charge on any atom is -0.313 e. The van der Waals surface area contributed by atoms with Crippen molar-refractivity contribution < 1.29 is 4.79 Å². The summed E-state index contributed by atoms with van der Waals surface area (Å²) in [6.45, 7) is 1.62. The Morgan fingerprint density at radius 1 is 1.40 bits per heavy atom. The molecular weight excluding hydrogens is 210 g/mol. The van der Waals surface area contributed by atoms with Crippen molar-refractivity contribution >= 4 is 17.4 Å². The average Bonchev–Trinajstić information content (AvgIpc) is 2.21. The van der Waals surface area contributed by atoms with Crippen molar-refractivity contribution in [2.24, 2.45) is 0 Å². The molecule has 0 amide bonds. The van der Waals surface area contributed by atoms with Gasteiger partial charge in [-0.3, -0.25) is 0 Å². The van der Waals surface area contributed by atoms with Gasteiger partial charge in [-0.05, 0) is 38.1 Å². The minimum absolute atomic E-state index is 0.226. The van der Waals surface area contributed by atoms with Gasteiger partial charge < -0.3 is 10.1 Å². The van der Waals surface area contributed by atoms with Crippen molar-refractivity contribution in [1.29, 1.82) is 0 Å². The second-order valence-corrected chi connectivity index (χ2v) is 4.07. The van der Waals surface area contributed by atoms with E-state index in [1.54, 1.807) is 6.92 Å². The number of ketones is 1. The van der Waals surface area contributed by atoms with Gasteiger partial charge in [0.15, 0.2) is 0 Å². The fraction of sp³-hybridized carbons (Fsp3) is 0.417. The number of hydrogen-bond donors (Lipinski definition) is 1. The molecule has 0 aromatic heterocycles. The molecule has 0 aliphatic carbocycles. The number of halogens is 1. The lowest BCUT2D eigenvalue weighted by Crippen LogP contribution is -2.17. The molecule has 1 aromatic carbocycles. The Balaban J connectivity index is 2.65. The van der Waals surface area contributed by atoms with Gasteiger partial charge >= 0.3 is 0 Å². The largest absolute Gasteiger partial charge is 0.313 e. The molecular formula is C12H16ClNO. The first-order chi connectivity index (χ1) is 7.13. The Labute approximate surface area is 95.6 Å². The van der Waals surface area contributed by atoms with Gasteiger partial charge in [0.2, 0.25) is 0 Å². The second kappa shape index (κ2) is 5.89. The van der Waals surface area contributed by atoms with Crippen LogP contribution in [0, 0.1) is 0 Å². The topological polar surface area (TPSA) is 29.1 Å². The molecule has 0 heterocycles. The van der Waals surface area contributed by atoms with Crippen LogP contribution in [0.3, 0.4) is 0 Å². The van der Waals surface area contributed by atoms with Crippen molar-refractivity contribution in [2.45, 2.75) is 25.8 Å². The van der Waals surface area contributed by atoms with Gasteiger partial charge in [-0.2, -0.15) is 0 Å². The molecule has 0 aliphatic rings. The van der Waals surface area contributed by atoms with E-state index < -0.39 is 0 Å². The van der Waals surface area contributed by atoms with Crippen LogP contribution in [0.4, 0.5) is 0 Å². The molecule has 0 saturated heterocycles. The maximum absolute atomic E-state index is 10.9. The summed E-state index contributed by atoms with van der Waals surface area (Å²) in [4.78, 5) is 10.9. The normalized spacial score (nSPS) is 12.5. The number of hydrogen-bond acceptors (Lipinski definition) is 2. The summed E-state index contributed by atoms with van der Waals surface area (Å²) in [5.74, 6) is 0.226. The van der Waals surface area contributed by atoms with Crippen LogP contribution >= 0.6 is 11.6 Å². The maximum Gasteiger partial charge on any atom is 0.129 e. The van der Waals surface area contributed by atoms with E-state index >= 15 is 0 Å². The number of rotatable bonds is 5. The number of benzene rings is 1. The smallest absolute Gasteiger partial charge is 0.129 e. The quantitative estimate of drug-likeness (QED) is 0.835. The predicted octanol–water partition coefficient (Wildman–Crippen LogP) is 2.97. The Kier molecular flexibility index (Phi) is 4.79. The zero-order valence-corrected chi connectivity index (χ0v) is 9.84. The first-order valence-corrected chi connectivity index (χ1v) is 5.43. The first-order valence-electron chi connectivity index (χ1n) is 5.05. The van der Waals surface area contributed by atoms with E-state index in [2.05, 4.69) is 5.32 Å². The summed E-state index contributed by atoms with van der Waals surface area (Å²) in [6, 6.07) is 7.95. The molecule has 1 N–H and O–H groups in total. The SMILES string of the molecule is CNC(CCC(C)=O)c1ccc(Cl)cc1. The zero-order chi connectivity index (χ0) is 11.3. The molecule has 1 atom stereocenters. The highest BCUT2D eigenvalue weighted by molar-refractivity contribution is 6.30. The third-order valence-corrected chi connectivity index (χ3v) is 2.66. The third kappa shape index (κ3) is 4.02. The molecule has 1 aromatic rings. The fourth-order valence-electron chi connectivity index (χ4n) is 1.52. The standard InChI is InChI=1S/C12H16ClNO/c1-9(15)3-8-12(14-2)10-4-6-11(13)7-5-10/h4-7,12,14H,3,8H2,1-2H3. The Morgan fingerprint density at radius 3 is 2.47 bits per heavy atom. The molecule has 15 heavy (non-hydrogen) atoms. The molecule has 0 fully saturated rings. The molecule has 0 radical (unpaired) electrons. The third-order valence-electron chi connectivity index (χ3n) is 2.41. The molecule has 82 valence electrons. The van der Waals surface area contributed by atoms with E-state index in [0.717, 1.165) is 11.4 Å². The summed E-state index contributed by atoms with van der Waals surface area (Å²) in [7, 11) is 1.90. The van der Waals surface area contributed by atoms with Gasteiger partial charge in [-0.1, -0.05) is 23.7 Å². The van der Waals surface area contributed by atoms with Crippen LogP contribution in [0.25, 0.3) is 0 Å². The van der Waals surface area contributed by atoms with Crippen molar-refractivity contribution in [3.05, 3.63) is 34.9 Å². The van der Waals surface area contributed by atoms with E-state index in [1.807, 2.05) is 31.3 Å². The zero-order valence-electron chi connectivity index (χ0n) is 9.09. The van der Waals surface area contributed by atoms with Crippen LogP contribution < -0.4 is 5.32 Å². The monoisotopic (exact) mass is 225 g/mol. The van der Waals surface area contributed by atoms with E-state index in [0.29, 0.717) is 6.42 Å². The number of carbonyl (C=O) groups is 1. The lowest BCUT2D eigenvalue weighted by atomic mass is 10.0. The van der Waals surface area contributed by atoms with Crippen LogP contribution in [0.2, 0.25) is 5.02 Å². The molecule has 1 rings (SSSR count). The first kappa shape index (κ1) is 12.2. The van der Waals surface area contributed by atoms with Crippen molar-refractivity contribution in [2.75, 3.05) is 7.05 Å². The summed E-state index contributed by atoms with van der Waals surface area (Å²) in [5.41, 5.74) is 1.17. The van der Waals surface area contributed by atoms with Gasteiger partial charge in [0.25, 0.3) is 0 Å². The summed E-state index contributed by atoms with van der Waals surface area (Å²) in [5, 5.41) is 3.93. The van der Waals surface area contributed by atoms with E-state index in [4.69, 9.17) is 11.6 Å². The average molecular weight is 226 g/mol. The highest BCUT2D eigenvalue weighted by Gasteiger charge is 2.09. The van der Waals surface area contributed by atoms with Gasteiger partial charge in [0, 0.05) is 17.5 Å². The molecule has 0 aliphatic heterocycles. The van der Waals surface area contributed by atoms with Gasteiger partial charge in [-0.15, -0.1) is 0 Å².